The molecule has 2 heterocycles. The van der Waals surface area contributed by atoms with E-state index in [0.717, 1.165) is 12.2 Å². The highest BCUT2D eigenvalue weighted by molar-refractivity contribution is 7.13. The van der Waals surface area contributed by atoms with Crippen molar-refractivity contribution < 1.29 is 0 Å². The van der Waals surface area contributed by atoms with Crippen LogP contribution in [-0.4, -0.2) is 11.5 Å². The van der Waals surface area contributed by atoms with Crippen LogP contribution in [0.2, 0.25) is 0 Å². The molecule has 3 nitrogen and oxygen atoms in total. The molecule has 0 aromatic carbocycles. The fourth-order valence-electron chi connectivity index (χ4n) is 1.40. The maximum atomic E-state index is 5.53. The number of hydrogen-bond donors (Lipinski definition) is 2. The van der Waals surface area contributed by atoms with Gasteiger partial charge in [-0.15, -0.1) is 36.2 Å². The van der Waals surface area contributed by atoms with Crippen LogP contribution >= 0.6 is 36.2 Å². The number of thiazole rings is 1. The van der Waals surface area contributed by atoms with Crippen molar-refractivity contribution in [2.45, 2.75) is 18.9 Å². The summed E-state index contributed by atoms with van der Waals surface area (Å²) in [7, 11) is 0. The van der Waals surface area contributed by atoms with E-state index >= 15 is 0 Å². The second kappa shape index (κ2) is 5.65. The molecular formula is C7H13Cl2N3S. The molecule has 1 atom stereocenters. The molecule has 76 valence electrons. The van der Waals surface area contributed by atoms with Gasteiger partial charge in [0.25, 0.3) is 0 Å². The summed E-state index contributed by atoms with van der Waals surface area (Å²) < 4.78 is 0. The summed E-state index contributed by atoms with van der Waals surface area (Å²) in [5.74, 6) is 0. The van der Waals surface area contributed by atoms with Gasteiger partial charge in [-0.25, -0.2) is 4.98 Å². The standard InChI is InChI=1S/C7H11N3S.2ClH/c8-7-10-6(4-11-7)5-2-1-3-9-5;;/h4-5,9H,1-3H2,(H2,8,10);2*1H/t5-;;/m1../s1. The quantitative estimate of drug-likeness (QED) is 0.791. The average Bonchev–Trinajstić information content (AvgIpc) is 2.55. The molecule has 6 heteroatoms. The van der Waals surface area contributed by atoms with Crippen LogP contribution < -0.4 is 11.1 Å². The fraction of sp³-hybridized carbons (Fsp3) is 0.571. The first-order chi connectivity index (χ1) is 5.36. The van der Waals surface area contributed by atoms with Crippen LogP contribution in [0.15, 0.2) is 5.38 Å². The number of aromatic nitrogens is 1. The normalized spacial score (nSPS) is 20.5. The molecule has 1 aliphatic rings. The number of nitrogens with zero attached hydrogens (tertiary/aromatic N) is 1. The topological polar surface area (TPSA) is 50.9 Å². The minimum atomic E-state index is 0. The molecule has 13 heavy (non-hydrogen) atoms. The third-order valence-electron chi connectivity index (χ3n) is 1.96. The lowest BCUT2D eigenvalue weighted by Gasteiger charge is -2.04. The van der Waals surface area contributed by atoms with Crippen LogP contribution in [0.3, 0.4) is 0 Å². The van der Waals surface area contributed by atoms with Gasteiger partial charge in [0.05, 0.1) is 11.7 Å². The lowest BCUT2D eigenvalue weighted by atomic mass is 10.2. The molecule has 1 saturated heterocycles. The molecule has 1 fully saturated rings. The molecule has 2 rings (SSSR count). The number of nitrogen functional groups attached to an aromatic ring is 1. The Balaban J connectivity index is 0.000000720. The van der Waals surface area contributed by atoms with E-state index in [4.69, 9.17) is 5.73 Å². The van der Waals surface area contributed by atoms with Crippen molar-refractivity contribution in [2.75, 3.05) is 12.3 Å². The summed E-state index contributed by atoms with van der Waals surface area (Å²) in [5, 5.41) is 6.09. The minimum Gasteiger partial charge on any atom is -0.375 e. The first-order valence-corrected chi connectivity index (χ1v) is 4.68. The third kappa shape index (κ3) is 2.98. The molecule has 0 unspecified atom stereocenters. The predicted octanol–water partition coefficient (Wildman–Crippen LogP) is 1.99. The van der Waals surface area contributed by atoms with Gasteiger partial charge in [0.1, 0.15) is 0 Å². The Hall–Kier alpha value is -0.0300. The van der Waals surface area contributed by atoms with Crippen LogP contribution in [0.5, 0.6) is 0 Å². The predicted molar refractivity (Wildman–Crippen MR) is 61.0 cm³/mol. The summed E-state index contributed by atoms with van der Waals surface area (Å²) in [5.41, 5.74) is 6.64. The maximum absolute atomic E-state index is 5.53. The monoisotopic (exact) mass is 241 g/mol. The van der Waals surface area contributed by atoms with Crippen molar-refractivity contribution in [2.24, 2.45) is 0 Å². The van der Waals surface area contributed by atoms with Gasteiger partial charge in [-0.2, -0.15) is 0 Å². The van der Waals surface area contributed by atoms with Crippen molar-refractivity contribution in [3.05, 3.63) is 11.1 Å². The van der Waals surface area contributed by atoms with Crippen LogP contribution in [-0.2, 0) is 0 Å². The molecular weight excluding hydrogens is 229 g/mol. The average molecular weight is 242 g/mol. The highest BCUT2D eigenvalue weighted by Crippen LogP contribution is 2.24. The number of anilines is 1. The lowest BCUT2D eigenvalue weighted by molar-refractivity contribution is 0.632. The van der Waals surface area contributed by atoms with E-state index in [1.807, 2.05) is 5.38 Å². The van der Waals surface area contributed by atoms with Gasteiger partial charge < -0.3 is 11.1 Å². The van der Waals surface area contributed by atoms with Crippen molar-refractivity contribution >= 4 is 41.3 Å². The Bertz CT molecular complexity index is 248. The van der Waals surface area contributed by atoms with Crippen LogP contribution in [0.1, 0.15) is 24.6 Å². The van der Waals surface area contributed by atoms with E-state index in [1.165, 1.54) is 24.2 Å². The minimum absolute atomic E-state index is 0. The summed E-state index contributed by atoms with van der Waals surface area (Å²) in [6.07, 6.45) is 2.45. The highest BCUT2D eigenvalue weighted by Gasteiger charge is 2.17. The van der Waals surface area contributed by atoms with Crippen LogP contribution in [0.25, 0.3) is 0 Å². The van der Waals surface area contributed by atoms with E-state index in [2.05, 4.69) is 10.3 Å². The van der Waals surface area contributed by atoms with Crippen molar-refractivity contribution in [1.82, 2.24) is 10.3 Å². The van der Waals surface area contributed by atoms with Gasteiger partial charge in [0.2, 0.25) is 0 Å². The van der Waals surface area contributed by atoms with E-state index < -0.39 is 0 Å². The van der Waals surface area contributed by atoms with Crippen LogP contribution in [0.4, 0.5) is 5.13 Å². The van der Waals surface area contributed by atoms with Crippen molar-refractivity contribution in [3.63, 3.8) is 0 Å². The Morgan fingerprint density at radius 1 is 1.54 bits per heavy atom. The Morgan fingerprint density at radius 3 is 2.77 bits per heavy atom. The number of halogens is 2. The Labute approximate surface area is 93.9 Å². The first kappa shape index (κ1) is 13.0. The molecule has 0 spiro atoms. The van der Waals surface area contributed by atoms with Gasteiger partial charge in [0, 0.05) is 5.38 Å². The summed E-state index contributed by atoms with van der Waals surface area (Å²) in [6.45, 7) is 1.11. The second-order valence-electron chi connectivity index (χ2n) is 2.76. The molecule has 1 aromatic rings. The van der Waals surface area contributed by atoms with Gasteiger partial charge in [-0.1, -0.05) is 0 Å². The molecule has 0 saturated carbocycles. The van der Waals surface area contributed by atoms with Gasteiger partial charge in [-0.05, 0) is 19.4 Å². The zero-order chi connectivity index (χ0) is 7.68. The Morgan fingerprint density at radius 2 is 2.31 bits per heavy atom. The van der Waals surface area contributed by atoms with E-state index in [-0.39, 0.29) is 24.8 Å². The number of nitrogens with two attached hydrogens (primary N) is 1. The third-order valence-corrected chi connectivity index (χ3v) is 2.65. The van der Waals surface area contributed by atoms with Gasteiger partial charge >= 0.3 is 0 Å². The van der Waals surface area contributed by atoms with Crippen molar-refractivity contribution in [1.29, 1.82) is 0 Å². The second-order valence-corrected chi connectivity index (χ2v) is 3.65. The summed E-state index contributed by atoms with van der Waals surface area (Å²) in [6, 6.07) is 0.462. The van der Waals surface area contributed by atoms with Gasteiger partial charge in [-0.3, -0.25) is 0 Å². The largest absolute Gasteiger partial charge is 0.375 e. The van der Waals surface area contributed by atoms with Gasteiger partial charge in [0.15, 0.2) is 5.13 Å². The number of nitrogens with one attached hydrogen (secondary N) is 1. The van der Waals surface area contributed by atoms with E-state index in [0.29, 0.717) is 11.2 Å². The lowest BCUT2D eigenvalue weighted by Crippen LogP contribution is -2.13. The summed E-state index contributed by atoms with van der Waals surface area (Å²) >= 11 is 1.52. The van der Waals surface area contributed by atoms with E-state index in [9.17, 15) is 0 Å². The Kier molecular flexibility index (Phi) is 5.64. The fourth-order valence-corrected chi connectivity index (χ4v) is 2.01. The molecule has 0 bridgehead atoms. The molecule has 3 N–H and O–H groups in total. The molecule has 0 aliphatic carbocycles. The zero-order valence-corrected chi connectivity index (χ0v) is 9.47. The van der Waals surface area contributed by atoms with Crippen LogP contribution in [0, 0.1) is 0 Å². The molecule has 1 aromatic heterocycles. The molecule has 1 aliphatic heterocycles. The number of rotatable bonds is 1. The molecule has 0 radical (unpaired) electrons. The zero-order valence-electron chi connectivity index (χ0n) is 7.03. The first-order valence-electron chi connectivity index (χ1n) is 3.80. The molecule has 0 amide bonds. The number of hydrogen-bond acceptors (Lipinski definition) is 4. The van der Waals surface area contributed by atoms with E-state index in [1.54, 1.807) is 0 Å². The van der Waals surface area contributed by atoms with Crippen molar-refractivity contribution in [3.8, 4) is 0 Å². The summed E-state index contributed by atoms with van der Waals surface area (Å²) in [4.78, 5) is 4.23. The SMILES string of the molecule is Cl.Cl.Nc1nc([C@H]2CCCN2)cs1. The smallest absolute Gasteiger partial charge is 0.180 e. The highest BCUT2D eigenvalue weighted by atomic mass is 35.5. The maximum Gasteiger partial charge on any atom is 0.180 e.